The summed E-state index contributed by atoms with van der Waals surface area (Å²) in [6.07, 6.45) is 5.64. The van der Waals surface area contributed by atoms with Gasteiger partial charge in [-0.1, -0.05) is 74.2 Å². The normalized spacial score (nSPS) is 18.0. The Balaban J connectivity index is 1.95. The third kappa shape index (κ3) is 5.39. The monoisotopic (exact) mass is 319 g/mol. The number of hydrogen-bond donors (Lipinski definition) is 0. The molecule has 0 bridgehead atoms. The highest BCUT2D eigenvalue weighted by Gasteiger charge is 2.25. The Kier molecular flexibility index (Phi) is 5.50. The molecule has 0 aromatic heterocycles. The number of rotatable bonds is 5. The summed E-state index contributed by atoms with van der Waals surface area (Å²) in [7, 11) is -2.30. The van der Waals surface area contributed by atoms with Crippen LogP contribution in [-0.4, -0.2) is 40.3 Å². The van der Waals surface area contributed by atoms with Gasteiger partial charge >= 0.3 is 0 Å². The molecule has 0 aliphatic carbocycles. The van der Waals surface area contributed by atoms with E-state index in [1.54, 1.807) is 10.8 Å². The van der Waals surface area contributed by atoms with Gasteiger partial charge in [-0.15, -0.1) is 0 Å². The van der Waals surface area contributed by atoms with Crippen molar-refractivity contribution in [3.63, 3.8) is 0 Å². The molecule has 0 saturated carbocycles. The third-order valence-corrected chi connectivity index (χ3v) is 9.34. The largest absolute Gasteiger partial charge is 0.306 e. The maximum Gasteiger partial charge on any atom is 0.0775 e. The first-order valence-corrected chi connectivity index (χ1v) is 15.5. The van der Waals surface area contributed by atoms with Crippen molar-refractivity contribution in [2.45, 2.75) is 58.0 Å². The molecule has 2 rings (SSSR count). The summed E-state index contributed by atoms with van der Waals surface area (Å²) < 4.78 is 0. The van der Waals surface area contributed by atoms with Gasteiger partial charge in [0.05, 0.1) is 16.1 Å². The van der Waals surface area contributed by atoms with Gasteiger partial charge in [0.25, 0.3) is 0 Å². The Morgan fingerprint density at radius 1 is 0.857 bits per heavy atom. The third-order valence-electron chi connectivity index (χ3n) is 4.60. The molecule has 1 aliphatic rings. The summed E-state index contributed by atoms with van der Waals surface area (Å²) in [5.41, 5.74) is 1.56. The van der Waals surface area contributed by atoms with E-state index in [0.717, 1.165) is 0 Å². The first-order chi connectivity index (χ1) is 9.76. The zero-order valence-corrected chi connectivity index (χ0v) is 16.7. The van der Waals surface area contributed by atoms with Crippen molar-refractivity contribution >= 4 is 21.3 Å². The molecule has 1 aromatic carbocycles. The minimum Gasteiger partial charge on any atom is -0.306 e. The van der Waals surface area contributed by atoms with Gasteiger partial charge in [0.1, 0.15) is 0 Å². The fourth-order valence-electron chi connectivity index (χ4n) is 3.45. The SMILES string of the molecule is C[Si](C)(Cc1ccc([Si](C)(C)C)cc1)CN1CCCCC1. The second-order valence-electron chi connectivity index (χ2n) is 8.62. The Hall–Kier alpha value is -0.386. The molecule has 0 spiro atoms. The van der Waals surface area contributed by atoms with Gasteiger partial charge in [-0.05, 0) is 38.1 Å². The summed E-state index contributed by atoms with van der Waals surface area (Å²) in [5.74, 6) is 0. The molecular formula is C18H33NSi2. The Morgan fingerprint density at radius 3 is 1.95 bits per heavy atom. The molecule has 0 amide bonds. The minimum absolute atomic E-state index is 1.15. The molecule has 1 nitrogen and oxygen atoms in total. The first-order valence-electron chi connectivity index (χ1n) is 8.58. The average molecular weight is 320 g/mol. The highest BCUT2D eigenvalue weighted by atomic mass is 28.3. The predicted molar refractivity (Wildman–Crippen MR) is 101 cm³/mol. The molecule has 1 fully saturated rings. The van der Waals surface area contributed by atoms with Crippen molar-refractivity contribution in [2.24, 2.45) is 0 Å². The molecular weight excluding hydrogens is 286 g/mol. The summed E-state index contributed by atoms with van der Waals surface area (Å²) in [4.78, 5) is 2.73. The van der Waals surface area contributed by atoms with E-state index in [2.05, 4.69) is 61.9 Å². The summed E-state index contributed by atoms with van der Waals surface area (Å²) >= 11 is 0. The average Bonchev–Trinajstić information content (AvgIpc) is 2.38. The highest BCUT2D eigenvalue weighted by molar-refractivity contribution is 6.88. The van der Waals surface area contributed by atoms with E-state index in [-0.39, 0.29) is 0 Å². The predicted octanol–water partition coefficient (Wildman–Crippen LogP) is 4.05. The van der Waals surface area contributed by atoms with Crippen molar-refractivity contribution in [3.05, 3.63) is 29.8 Å². The topological polar surface area (TPSA) is 3.24 Å². The van der Waals surface area contributed by atoms with Crippen LogP contribution in [-0.2, 0) is 6.04 Å². The molecule has 1 saturated heterocycles. The van der Waals surface area contributed by atoms with Gasteiger partial charge < -0.3 is 4.90 Å². The van der Waals surface area contributed by atoms with Crippen molar-refractivity contribution in [3.8, 4) is 0 Å². The maximum atomic E-state index is 2.73. The van der Waals surface area contributed by atoms with E-state index >= 15 is 0 Å². The van der Waals surface area contributed by atoms with Gasteiger partial charge in [0, 0.05) is 0 Å². The lowest BCUT2D eigenvalue weighted by molar-refractivity contribution is 0.258. The van der Waals surface area contributed by atoms with Crippen molar-refractivity contribution in [1.29, 1.82) is 0 Å². The molecule has 0 N–H and O–H groups in total. The van der Waals surface area contributed by atoms with Crippen LogP contribution in [0.4, 0.5) is 0 Å². The number of likely N-dealkylation sites (tertiary alicyclic amines) is 1. The van der Waals surface area contributed by atoms with Crippen molar-refractivity contribution < 1.29 is 0 Å². The lowest BCUT2D eigenvalue weighted by atomic mass is 10.1. The smallest absolute Gasteiger partial charge is 0.0775 e. The van der Waals surface area contributed by atoms with Crippen LogP contribution in [0.25, 0.3) is 0 Å². The Labute approximate surface area is 133 Å². The van der Waals surface area contributed by atoms with E-state index in [1.807, 2.05) is 0 Å². The lowest BCUT2D eigenvalue weighted by Gasteiger charge is -2.34. The van der Waals surface area contributed by atoms with Gasteiger partial charge in [-0.25, -0.2) is 0 Å². The highest BCUT2D eigenvalue weighted by Crippen LogP contribution is 2.17. The molecule has 1 aromatic rings. The molecule has 3 heteroatoms. The van der Waals surface area contributed by atoms with Gasteiger partial charge in [-0.2, -0.15) is 0 Å². The summed E-state index contributed by atoms with van der Waals surface area (Å²) in [5, 5.41) is 1.58. The van der Waals surface area contributed by atoms with Crippen LogP contribution in [0, 0.1) is 0 Å². The van der Waals surface area contributed by atoms with Crippen LogP contribution in [0.5, 0.6) is 0 Å². The van der Waals surface area contributed by atoms with E-state index in [0.29, 0.717) is 0 Å². The fraction of sp³-hybridized carbons (Fsp3) is 0.667. The first kappa shape index (κ1) is 17.0. The standard InChI is InChI=1S/C18H33NSi2/c1-20(2,3)18-11-9-17(10-12-18)15-21(4,5)16-19-13-7-6-8-14-19/h9-12H,6-8,13-16H2,1-5H3. The maximum absolute atomic E-state index is 2.73. The Bertz CT molecular complexity index is 439. The summed E-state index contributed by atoms with van der Waals surface area (Å²) in [6.45, 7) is 15.1. The number of piperidine rings is 1. The quantitative estimate of drug-likeness (QED) is 0.740. The minimum atomic E-state index is -1.16. The van der Waals surface area contributed by atoms with E-state index in [1.165, 1.54) is 44.6 Å². The number of hydrogen-bond acceptors (Lipinski definition) is 1. The van der Waals surface area contributed by atoms with Crippen molar-refractivity contribution in [2.75, 3.05) is 19.3 Å². The van der Waals surface area contributed by atoms with Gasteiger partial charge in [-0.3, -0.25) is 0 Å². The van der Waals surface area contributed by atoms with Crippen LogP contribution >= 0.6 is 0 Å². The molecule has 1 heterocycles. The summed E-state index contributed by atoms with van der Waals surface area (Å²) in [6, 6.07) is 10.9. The zero-order chi connectivity index (χ0) is 15.5. The van der Waals surface area contributed by atoms with Crippen molar-refractivity contribution in [1.82, 2.24) is 4.90 Å². The van der Waals surface area contributed by atoms with E-state index in [9.17, 15) is 0 Å². The Morgan fingerprint density at radius 2 is 1.43 bits per heavy atom. The molecule has 0 atom stereocenters. The van der Waals surface area contributed by atoms with Crippen LogP contribution in [0.3, 0.4) is 0 Å². The van der Waals surface area contributed by atoms with Crippen LogP contribution in [0.15, 0.2) is 24.3 Å². The fourth-order valence-corrected chi connectivity index (χ4v) is 7.60. The number of benzene rings is 1. The van der Waals surface area contributed by atoms with Crippen LogP contribution in [0.2, 0.25) is 32.7 Å². The van der Waals surface area contributed by atoms with Crippen LogP contribution < -0.4 is 5.19 Å². The molecule has 118 valence electrons. The lowest BCUT2D eigenvalue weighted by Crippen LogP contribution is -2.46. The second-order valence-corrected chi connectivity index (χ2v) is 18.7. The van der Waals surface area contributed by atoms with Gasteiger partial charge in [0.15, 0.2) is 0 Å². The van der Waals surface area contributed by atoms with Gasteiger partial charge in [0.2, 0.25) is 0 Å². The van der Waals surface area contributed by atoms with E-state index in [4.69, 9.17) is 0 Å². The van der Waals surface area contributed by atoms with E-state index < -0.39 is 16.1 Å². The zero-order valence-electron chi connectivity index (χ0n) is 14.7. The second kappa shape index (κ2) is 6.80. The van der Waals surface area contributed by atoms with Crippen LogP contribution in [0.1, 0.15) is 24.8 Å². The molecule has 1 aliphatic heterocycles. The number of nitrogens with zero attached hydrogens (tertiary/aromatic N) is 1. The molecule has 0 radical (unpaired) electrons. The molecule has 21 heavy (non-hydrogen) atoms. The molecule has 0 unspecified atom stereocenters.